The Kier molecular flexibility index (Phi) is 5.04. The molecule has 0 aromatic carbocycles. The van der Waals surface area contributed by atoms with Crippen molar-refractivity contribution in [2.75, 3.05) is 13.7 Å². The summed E-state index contributed by atoms with van der Waals surface area (Å²) >= 11 is 0. The van der Waals surface area contributed by atoms with E-state index in [1.54, 1.807) is 23.1 Å². The summed E-state index contributed by atoms with van der Waals surface area (Å²) in [5.74, 6) is -0.424. The maximum absolute atomic E-state index is 11.3. The third-order valence-corrected chi connectivity index (χ3v) is 2.01. The minimum atomic E-state index is -0.327. The lowest BCUT2D eigenvalue weighted by molar-refractivity contribution is -0.140. The summed E-state index contributed by atoms with van der Waals surface area (Å²) in [6.07, 6.45) is 4.00. The quantitative estimate of drug-likeness (QED) is 0.689. The second-order valence-electron chi connectivity index (χ2n) is 3.20. The number of carbonyl (C=O) groups excluding carboxylic acids is 2. The summed E-state index contributed by atoms with van der Waals surface area (Å²) in [6.45, 7) is 0.849. The summed E-state index contributed by atoms with van der Waals surface area (Å²) in [5.41, 5.74) is 0. The van der Waals surface area contributed by atoms with E-state index >= 15 is 0 Å². The van der Waals surface area contributed by atoms with Crippen LogP contribution in [-0.4, -0.2) is 35.3 Å². The second-order valence-corrected chi connectivity index (χ2v) is 3.20. The molecule has 1 N–H and O–H groups in total. The first kappa shape index (κ1) is 12.2. The van der Waals surface area contributed by atoms with Gasteiger partial charge in [-0.15, -0.1) is 0 Å². The third-order valence-electron chi connectivity index (χ3n) is 2.01. The van der Waals surface area contributed by atoms with Crippen LogP contribution in [0, 0.1) is 0 Å². The van der Waals surface area contributed by atoms with Gasteiger partial charge in [0.25, 0.3) is 0 Å². The molecule has 0 atom stereocenters. The van der Waals surface area contributed by atoms with E-state index in [1.807, 2.05) is 0 Å². The molecule has 16 heavy (non-hydrogen) atoms. The first-order chi connectivity index (χ1) is 7.72. The van der Waals surface area contributed by atoms with Gasteiger partial charge in [-0.1, -0.05) is 0 Å². The summed E-state index contributed by atoms with van der Waals surface area (Å²) in [5, 5.41) is 6.60. The third kappa shape index (κ3) is 4.59. The van der Waals surface area contributed by atoms with Crippen molar-refractivity contribution in [2.45, 2.75) is 19.4 Å². The van der Waals surface area contributed by atoms with E-state index in [4.69, 9.17) is 0 Å². The topological polar surface area (TPSA) is 73.2 Å². The molecule has 0 aliphatic heterocycles. The maximum atomic E-state index is 11.3. The molecule has 0 aliphatic carbocycles. The van der Waals surface area contributed by atoms with Gasteiger partial charge < -0.3 is 10.1 Å². The Balaban J connectivity index is 2.09. The fourth-order valence-corrected chi connectivity index (χ4v) is 1.14. The first-order valence-electron chi connectivity index (χ1n) is 5.03. The van der Waals surface area contributed by atoms with Crippen LogP contribution in [0.25, 0.3) is 0 Å². The van der Waals surface area contributed by atoms with Crippen LogP contribution in [-0.2, 0) is 20.9 Å². The lowest BCUT2D eigenvalue weighted by atomic mass is 10.3. The van der Waals surface area contributed by atoms with Crippen LogP contribution in [0.1, 0.15) is 12.8 Å². The number of rotatable bonds is 6. The predicted octanol–water partition coefficient (Wildman–Crippen LogP) is -0.0475. The fourth-order valence-electron chi connectivity index (χ4n) is 1.14. The molecule has 1 aromatic rings. The van der Waals surface area contributed by atoms with Gasteiger partial charge in [0.1, 0.15) is 0 Å². The van der Waals surface area contributed by atoms with Gasteiger partial charge in [-0.2, -0.15) is 5.10 Å². The first-order valence-corrected chi connectivity index (χ1v) is 5.03. The fraction of sp³-hybridized carbons (Fsp3) is 0.500. The predicted molar refractivity (Wildman–Crippen MR) is 56.5 cm³/mol. The Bertz CT molecular complexity index is 335. The number of aryl methyl sites for hydroxylation is 1. The molecule has 0 bridgehead atoms. The average Bonchev–Trinajstić information content (AvgIpc) is 2.79. The van der Waals surface area contributed by atoms with E-state index in [9.17, 15) is 9.59 Å². The number of methoxy groups -OCH3 is 1. The van der Waals surface area contributed by atoms with Crippen LogP contribution in [0.2, 0.25) is 0 Å². The summed E-state index contributed by atoms with van der Waals surface area (Å²) in [4.78, 5) is 22.1. The molecule has 0 saturated carbocycles. The largest absolute Gasteiger partial charge is 0.469 e. The van der Waals surface area contributed by atoms with Crippen LogP contribution in [0.3, 0.4) is 0 Å². The van der Waals surface area contributed by atoms with E-state index in [1.165, 1.54) is 7.11 Å². The van der Waals surface area contributed by atoms with E-state index in [0.29, 0.717) is 19.5 Å². The average molecular weight is 225 g/mol. The number of hydrogen-bond donors (Lipinski definition) is 1. The number of aromatic nitrogens is 2. The number of amides is 1. The Morgan fingerprint density at radius 1 is 1.44 bits per heavy atom. The molecule has 1 heterocycles. The highest BCUT2D eigenvalue weighted by atomic mass is 16.5. The smallest absolute Gasteiger partial charge is 0.307 e. The van der Waals surface area contributed by atoms with E-state index < -0.39 is 0 Å². The lowest BCUT2D eigenvalue weighted by Gasteiger charge is -2.04. The molecule has 0 spiro atoms. The summed E-state index contributed by atoms with van der Waals surface area (Å²) in [7, 11) is 1.32. The van der Waals surface area contributed by atoms with Crippen LogP contribution in [0.15, 0.2) is 18.5 Å². The number of nitrogens with one attached hydrogen (secondary N) is 1. The Morgan fingerprint density at radius 3 is 2.88 bits per heavy atom. The molecule has 6 nitrogen and oxygen atoms in total. The standard InChI is InChI=1S/C10H15N3O3/c1-16-10(15)3-6-11-9(14)4-8-13-7-2-5-12-13/h2,5,7H,3-4,6,8H2,1H3,(H,11,14). The van der Waals surface area contributed by atoms with Gasteiger partial charge in [-0.3, -0.25) is 14.3 Å². The molecule has 0 unspecified atom stereocenters. The van der Waals surface area contributed by atoms with E-state index in [-0.39, 0.29) is 18.3 Å². The number of hydrogen-bond acceptors (Lipinski definition) is 4. The minimum absolute atomic E-state index is 0.0978. The van der Waals surface area contributed by atoms with Gasteiger partial charge in [-0.05, 0) is 6.07 Å². The number of nitrogens with zero attached hydrogens (tertiary/aromatic N) is 2. The molecule has 0 saturated heterocycles. The van der Waals surface area contributed by atoms with Gasteiger partial charge in [-0.25, -0.2) is 0 Å². The number of esters is 1. The molecule has 1 rings (SSSR count). The van der Waals surface area contributed by atoms with Crippen molar-refractivity contribution in [2.24, 2.45) is 0 Å². The molecule has 0 aliphatic rings. The second kappa shape index (κ2) is 6.60. The zero-order valence-corrected chi connectivity index (χ0v) is 9.18. The summed E-state index contributed by atoms with van der Waals surface area (Å²) in [6, 6.07) is 1.80. The van der Waals surface area contributed by atoms with Crippen molar-refractivity contribution < 1.29 is 14.3 Å². The molecule has 1 amide bonds. The highest BCUT2D eigenvalue weighted by molar-refractivity contribution is 5.76. The summed E-state index contributed by atoms with van der Waals surface area (Å²) < 4.78 is 6.13. The van der Waals surface area contributed by atoms with Crippen LogP contribution in [0.5, 0.6) is 0 Å². The molecular weight excluding hydrogens is 210 g/mol. The zero-order valence-electron chi connectivity index (χ0n) is 9.18. The molecule has 6 heteroatoms. The molecule has 1 aromatic heterocycles. The van der Waals surface area contributed by atoms with Crippen LogP contribution in [0.4, 0.5) is 0 Å². The van der Waals surface area contributed by atoms with Crippen molar-refractivity contribution in [3.05, 3.63) is 18.5 Å². The van der Waals surface area contributed by atoms with Crippen molar-refractivity contribution >= 4 is 11.9 Å². The monoisotopic (exact) mass is 225 g/mol. The molecule has 0 radical (unpaired) electrons. The van der Waals surface area contributed by atoms with Crippen molar-refractivity contribution in [1.29, 1.82) is 0 Å². The van der Waals surface area contributed by atoms with Crippen LogP contribution < -0.4 is 5.32 Å². The Morgan fingerprint density at radius 2 is 2.25 bits per heavy atom. The van der Waals surface area contributed by atoms with Crippen LogP contribution >= 0.6 is 0 Å². The van der Waals surface area contributed by atoms with Gasteiger partial charge in [0, 0.05) is 31.9 Å². The van der Waals surface area contributed by atoms with Crippen molar-refractivity contribution in [3.63, 3.8) is 0 Å². The zero-order chi connectivity index (χ0) is 11.8. The Labute approximate surface area is 93.6 Å². The van der Waals surface area contributed by atoms with Gasteiger partial charge in [0.05, 0.1) is 13.5 Å². The minimum Gasteiger partial charge on any atom is -0.469 e. The van der Waals surface area contributed by atoms with Gasteiger partial charge in [0.2, 0.25) is 5.91 Å². The number of carbonyl (C=O) groups is 2. The highest BCUT2D eigenvalue weighted by Gasteiger charge is 2.03. The van der Waals surface area contributed by atoms with Crippen molar-refractivity contribution in [3.8, 4) is 0 Å². The van der Waals surface area contributed by atoms with E-state index in [2.05, 4.69) is 15.2 Å². The number of ether oxygens (including phenoxy) is 1. The molecule has 0 fully saturated rings. The molecule has 88 valence electrons. The van der Waals surface area contributed by atoms with Gasteiger partial charge >= 0.3 is 5.97 Å². The Hall–Kier alpha value is -1.85. The normalized spacial score (nSPS) is 9.81. The highest BCUT2D eigenvalue weighted by Crippen LogP contribution is 1.90. The maximum Gasteiger partial charge on any atom is 0.307 e. The van der Waals surface area contributed by atoms with E-state index in [0.717, 1.165) is 0 Å². The molecular formula is C10H15N3O3. The lowest BCUT2D eigenvalue weighted by Crippen LogP contribution is -2.27. The van der Waals surface area contributed by atoms with Gasteiger partial charge in [0.15, 0.2) is 0 Å². The SMILES string of the molecule is COC(=O)CCNC(=O)CCn1cccn1. The van der Waals surface area contributed by atoms with Crippen molar-refractivity contribution in [1.82, 2.24) is 15.1 Å².